The summed E-state index contributed by atoms with van der Waals surface area (Å²) in [5, 5.41) is 18.0. The number of nitro benzene ring substituents is 1. The molecule has 0 bridgehead atoms. The molecule has 0 unspecified atom stereocenters. The van der Waals surface area contributed by atoms with Crippen LogP contribution in [0, 0.1) is 10.1 Å². The summed E-state index contributed by atoms with van der Waals surface area (Å²) in [7, 11) is 3.20. The molecule has 0 N–H and O–H groups in total. The van der Waals surface area contributed by atoms with Crippen molar-refractivity contribution in [2.75, 3.05) is 19.2 Å². The van der Waals surface area contributed by atoms with Gasteiger partial charge >= 0.3 is 0 Å². The van der Waals surface area contributed by atoms with Crippen molar-refractivity contribution in [1.82, 2.24) is 4.98 Å². The fraction of sp³-hybridized carbons (Fsp3) is 0.217. The number of hydrogen-bond acceptors (Lipinski definition) is 7. The standard InChI is InChI=1S/C23H22N4O4/c1-15-12-17-13-20(30-2)21(31-3)14-19(17)23(16-7-9-18(10-8-16)27(28)29)25-26(15)22-6-4-5-11-24-22/h4-11,13-15H,12H2,1-3H3/t15-/m1/s1. The number of nitrogens with zero attached hydrogens (tertiary/aromatic N) is 4. The van der Waals surface area contributed by atoms with E-state index >= 15 is 0 Å². The minimum Gasteiger partial charge on any atom is -0.493 e. The molecule has 8 heteroatoms. The molecule has 2 heterocycles. The molecule has 2 aromatic carbocycles. The van der Waals surface area contributed by atoms with Gasteiger partial charge in [-0.1, -0.05) is 6.07 Å². The van der Waals surface area contributed by atoms with Crippen molar-refractivity contribution in [2.45, 2.75) is 19.4 Å². The van der Waals surface area contributed by atoms with Crippen LogP contribution in [0.1, 0.15) is 23.6 Å². The molecule has 1 aromatic heterocycles. The van der Waals surface area contributed by atoms with Gasteiger partial charge in [0.1, 0.15) is 5.82 Å². The van der Waals surface area contributed by atoms with Crippen LogP contribution in [0.4, 0.5) is 11.5 Å². The SMILES string of the molecule is COc1cc2c(cc1OC)C(c1ccc([N+](=O)[O-])cc1)=NN(c1ccccn1)[C@H](C)C2. The van der Waals surface area contributed by atoms with Gasteiger partial charge in [0, 0.05) is 29.5 Å². The van der Waals surface area contributed by atoms with Gasteiger partial charge in [-0.05, 0) is 55.3 Å². The highest BCUT2D eigenvalue weighted by Gasteiger charge is 2.27. The van der Waals surface area contributed by atoms with Crippen LogP contribution in [0.15, 0.2) is 65.9 Å². The van der Waals surface area contributed by atoms with E-state index in [2.05, 4.69) is 11.9 Å². The summed E-state index contributed by atoms with van der Waals surface area (Å²) in [6.45, 7) is 2.08. The zero-order chi connectivity index (χ0) is 22.0. The molecule has 3 aromatic rings. The molecule has 158 valence electrons. The van der Waals surface area contributed by atoms with Crippen molar-refractivity contribution in [3.05, 3.63) is 87.6 Å². The van der Waals surface area contributed by atoms with E-state index < -0.39 is 4.92 Å². The van der Waals surface area contributed by atoms with E-state index in [0.717, 1.165) is 22.5 Å². The predicted molar refractivity (Wildman–Crippen MR) is 118 cm³/mol. The zero-order valence-corrected chi connectivity index (χ0v) is 17.5. The second-order valence-corrected chi connectivity index (χ2v) is 7.20. The number of pyridine rings is 1. The highest BCUT2D eigenvalue weighted by Crippen LogP contribution is 2.35. The summed E-state index contributed by atoms with van der Waals surface area (Å²) in [5.41, 5.74) is 3.40. The highest BCUT2D eigenvalue weighted by atomic mass is 16.6. The van der Waals surface area contributed by atoms with Gasteiger partial charge < -0.3 is 9.47 Å². The molecule has 0 saturated carbocycles. The molecule has 1 aliphatic rings. The van der Waals surface area contributed by atoms with Gasteiger partial charge in [-0.2, -0.15) is 5.10 Å². The van der Waals surface area contributed by atoms with Gasteiger partial charge in [0.05, 0.1) is 30.9 Å². The fourth-order valence-electron chi connectivity index (χ4n) is 3.70. The Morgan fingerprint density at radius 2 is 1.77 bits per heavy atom. The molecular weight excluding hydrogens is 396 g/mol. The Hall–Kier alpha value is -3.94. The predicted octanol–water partition coefficient (Wildman–Crippen LogP) is 4.21. The van der Waals surface area contributed by atoms with Gasteiger partial charge in [0.25, 0.3) is 5.69 Å². The maximum absolute atomic E-state index is 11.1. The number of hydrogen-bond donors (Lipinski definition) is 0. The van der Waals surface area contributed by atoms with Crippen LogP contribution in [0.5, 0.6) is 11.5 Å². The number of aromatic nitrogens is 1. The molecule has 0 aliphatic carbocycles. The summed E-state index contributed by atoms with van der Waals surface area (Å²) in [6, 6.07) is 16.0. The normalized spacial score (nSPS) is 15.5. The molecule has 0 fully saturated rings. The smallest absolute Gasteiger partial charge is 0.269 e. The van der Waals surface area contributed by atoms with Crippen LogP contribution >= 0.6 is 0 Å². The van der Waals surface area contributed by atoms with Crippen molar-refractivity contribution in [3.63, 3.8) is 0 Å². The van der Waals surface area contributed by atoms with E-state index in [1.165, 1.54) is 12.1 Å². The van der Waals surface area contributed by atoms with Crippen LogP contribution < -0.4 is 14.5 Å². The molecule has 0 amide bonds. The summed E-state index contributed by atoms with van der Waals surface area (Å²) >= 11 is 0. The van der Waals surface area contributed by atoms with E-state index in [9.17, 15) is 10.1 Å². The zero-order valence-electron chi connectivity index (χ0n) is 17.5. The summed E-state index contributed by atoms with van der Waals surface area (Å²) in [5.74, 6) is 1.96. The van der Waals surface area contributed by atoms with Crippen molar-refractivity contribution in [2.24, 2.45) is 5.10 Å². The Kier molecular flexibility index (Phi) is 5.53. The second kappa shape index (κ2) is 8.43. The molecule has 0 spiro atoms. The first-order valence-electron chi connectivity index (χ1n) is 9.80. The Bertz CT molecular complexity index is 1130. The van der Waals surface area contributed by atoms with Gasteiger partial charge in [-0.3, -0.25) is 10.1 Å². The average molecular weight is 418 g/mol. The number of methoxy groups -OCH3 is 2. The van der Waals surface area contributed by atoms with Crippen LogP contribution in [0.25, 0.3) is 0 Å². The third-order valence-corrected chi connectivity index (χ3v) is 5.24. The third-order valence-electron chi connectivity index (χ3n) is 5.24. The van der Waals surface area contributed by atoms with E-state index in [4.69, 9.17) is 14.6 Å². The number of fused-ring (bicyclic) bond motifs is 1. The number of ether oxygens (including phenoxy) is 2. The first kappa shape index (κ1) is 20.3. The molecule has 8 nitrogen and oxygen atoms in total. The van der Waals surface area contributed by atoms with Crippen LogP contribution in [-0.4, -0.2) is 35.9 Å². The van der Waals surface area contributed by atoms with E-state index in [1.807, 2.05) is 35.3 Å². The molecule has 1 aliphatic heterocycles. The Labute approximate surface area is 179 Å². The number of nitro groups is 1. The van der Waals surface area contributed by atoms with Crippen molar-refractivity contribution in [3.8, 4) is 11.5 Å². The van der Waals surface area contributed by atoms with Gasteiger partial charge in [-0.15, -0.1) is 0 Å². The fourth-order valence-corrected chi connectivity index (χ4v) is 3.70. The molecule has 4 rings (SSSR count). The van der Waals surface area contributed by atoms with Crippen LogP contribution in [0.2, 0.25) is 0 Å². The third kappa shape index (κ3) is 3.92. The largest absolute Gasteiger partial charge is 0.493 e. The van der Waals surface area contributed by atoms with Gasteiger partial charge in [0.15, 0.2) is 11.5 Å². The monoisotopic (exact) mass is 418 g/mol. The first-order chi connectivity index (χ1) is 15.0. The van der Waals surface area contributed by atoms with Gasteiger partial charge in [0.2, 0.25) is 0 Å². The Balaban J connectivity index is 1.92. The summed E-state index contributed by atoms with van der Waals surface area (Å²) in [4.78, 5) is 15.2. The van der Waals surface area contributed by atoms with Crippen molar-refractivity contribution >= 4 is 17.2 Å². The Morgan fingerprint density at radius 1 is 1.06 bits per heavy atom. The molecule has 0 radical (unpaired) electrons. The van der Waals surface area contributed by atoms with Crippen LogP contribution in [-0.2, 0) is 6.42 Å². The minimum absolute atomic E-state index is 0.0160. The molecular formula is C23H22N4O4. The number of rotatable bonds is 5. The van der Waals surface area contributed by atoms with E-state index in [-0.39, 0.29) is 11.7 Å². The van der Waals surface area contributed by atoms with E-state index in [0.29, 0.717) is 23.6 Å². The Morgan fingerprint density at radius 3 is 2.39 bits per heavy atom. The average Bonchev–Trinajstić information content (AvgIpc) is 2.94. The lowest BCUT2D eigenvalue weighted by Gasteiger charge is -2.24. The first-order valence-corrected chi connectivity index (χ1v) is 9.80. The summed E-state index contributed by atoms with van der Waals surface area (Å²) < 4.78 is 11.0. The van der Waals surface area contributed by atoms with Crippen molar-refractivity contribution < 1.29 is 14.4 Å². The second-order valence-electron chi connectivity index (χ2n) is 7.20. The molecule has 1 atom stereocenters. The topological polar surface area (TPSA) is 90.1 Å². The number of anilines is 1. The van der Waals surface area contributed by atoms with Crippen molar-refractivity contribution in [1.29, 1.82) is 0 Å². The van der Waals surface area contributed by atoms with E-state index in [1.54, 1.807) is 32.5 Å². The number of non-ortho nitro benzene ring substituents is 1. The lowest BCUT2D eigenvalue weighted by atomic mass is 9.94. The maximum atomic E-state index is 11.1. The molecule has 31 heavy (non-hydrogen) atoms. The minimum atomic E-state index is -0.414. The maximum Gasteiger partial charge on any atom is 0.269 e. The molecule has 0 saturated heterocycles. The quantitative estimate of drug-likeness (QED) is 0.455. The highest BCUT2D eigenvalue weighted by molar-refractivity contribution is 6.14. The number of hydrazone groups is 1. The summed E-state index contributed by atoms with van der Waals surface area (Å²) in [6.07, 6.45) is 2.43. The lowest BCUT2D eigenvalue weighted by molar-refractivity contribution is -0.384. The van der Waals surface area contributed by atoms with Gasteiger partial charge in [-0.25, -0.2) is 9.99 Å². The van der Waals surface area contributed by atoms with Crippen LogP contribution in [0.3, 0.4) is 0 Å². The number of benzene rings is 2. The lowest BCUT2D eigenvalue weighted by Crippen LogP contribution is -2.30.